The van der Waals surface area contributed by atoms with Crippen LogP contribution in [-0.2, 0) is 9.47 Å². The maximum Gasteiger partial charge on any atom is 0.121 e. The van der Waals surface area contributed by atoms with Crippen molar-refractivity contribution in [2.24, 2.45) is 16.6 Å². The molecule has 6 nitrogen and oxygen atoms in total. The van der Waals surface area contributed by atoms with Crippen LogP contribution in [0, 0.1) is 18.3 Å². The van der Waals surface area contributed by atoms with Crippen molar-refractivity contribution in [2.75, 3.05) is 40.0 Å². The summed E-state index contributed by atoms with van der Waals surface area (Å²) in [7, 11) is 1.81. The number of amidine groups is 1. The number of nitrogens with zero attached hydrogens (tertiary/aromatic N) is 1. The molecular formula is C36H62Cl2N4O2. The van der Waals surface area contributed by atoms with Gasteiger partial charge in [0, 0.05) is 56.2 Å². The number of hydrogen-bond donors (Lipinski definition) is 3. The Labute approximate surface area is 280 Å². The first-order valence-corrected chi connectivity index (χ1v) is 17.3. The summed E-state index contributed by atoms with van der Waals surface area (Å²) in [6.45, 7) is 18.3. The van der Waals surface area contributed by atoms with Crippen LogP contribution < -0.4 is 16.4 Å². The minimum Gasteiger partial charge on any atom is -0.385 e. The highest BCUT2D eigenvalue weighted by molar-refractivity contribution is 6.32. The molecule has 2 aliphatic heterocycles. The van der Waals surface area contributed by atoms with Gasteiger partial charge in [0.05, 0.1) is 12.0 Å². The van der Waals surface area contributed by atoms with Gasteiger partial charge in [-0.1, -0.05) is 64.1 Å². The summed E-state index contributed by atoms with van der Waals surface area (Å²) in [4.78, 5) is 4.44. The van der Waals surface area contributed by atoms with Crippen LogP contribution in [0.15, 0.2) is 51.7 Å². The predicted molar refractivity (Wildman–Crippen MR) is 194 cm³/mol. The number of allylic oxidation sites excluding steroid dienone is 5. The maximum atomic E-state index is 6.63. The largest absolute Gasteiger partial charge is 0.385 e. The van der Waals surface area contributed by atoms with Crippen LogP contribution >= 0.6 is 23.2 Å². The third-order valence-corrected chi connectivity index (χ3v) is 8.21. The standard InChI is InChI=1S/C25H39Cl2N3O.C4H9NO.C4H10.C3H4/c1-18(29-17-21-12-14-31-15-13-21)10-11-24(27)19(2)23(20(3)26)16-25(28-4)30-22-8-6-5-7-9-22;5-4-1-2-6-3-4;1-3-4-2;1-3-2/h10-11,16,20-22,29H,1,5-9,12-15,17H2,2-4H3,(H,28,30);4H,1-3,5H2;3-4H2,1-2H3;1H,2H3/b11-10-,23-16-,24-19-;;;. The zero-order chi connectivity index (χ0) is 33.2. The number of nitrogens with one attached hydrogen (secondary N) is 2. The lowest BCUT2D eigenvalue weighted by atomic mass is 9.95. The molecule has 0 bridgehead atoms. The molecule has 0 amide bonds. The van der Waals surface area contributed by atoms with Gasteiger partial charge in [-0.25, -0.2) is 0 Å². The molecule has 0 aromatic rings. The number of aliphatic imine (C=N–C) groups is 1. The normalized spacial score (nSPS) is 20.9. The van der Waals surface area contributed by atoms with Gasteiger partial charge >= 0.3 is 0 Å². The van der Waals surface area contributed by atoms with Crippen molar-refractivity contribution < 1.29 is 9.47 Å². The highest BCUT2D eigenvalue weighted by Crippen LogP contribution is 2.25. The molecule has 1 aliphatic carbocycles. The van der Waals surface area contributed by atoms with Gasteiger partial charge in [-0.2, -0.15) is 0 Å². The molecule has 0 spiro atoms. The summed E-state index contributed by atoms with van der Waals surface area (Å²) in [6.07, 6.45) is 22.6. The molecule has 2 unspecified atom stereocenters. The monoisotopic (exact) mass is 652 g/mol. The van der Waals surface area contributed by atoms with E-state index in [4.69, 9.17) is 38.4 Å². The molecule has 4 N–H and O–H groups in total. The van der Waals surface area contributed by atoms with Crippen molar-refractivity contribution in [3.63, 3.8) is 0 Å². The van der Waals surface area contributed by atoms with Gasteiger partial charge in [0.15, 0.2) is 0 Å². The Hall–Kier alpha value is -1.75. The number of nitrogens with two attached hydrogens (primary N) is 1. The molecule has 0 aromatic heterocycles. The molecular weight excluding hydrogens is 591 g/mol. The van der Waals surface area contributed by atoms with E-state index in [1.165, 1.54) is 44.9 Å². The summed E-state index contributed by atoms with van der Waals surface area (Å²) < 4.78 is 10.3. The van der Waals surface area contributed by atoms with Crippen molar-refractivity contribution in [3.8, 4) is 12.3 Å². The molecule has 2 saturated heterocycles. The third kappa shape index (κ3) is 21.1. The Kier molecular flexibility index (Phi) is 26.5. The van der Waals surface area contributed by atoms with Gasteiger partial charge in [-0.15, -0.1) is 23.9 Å². The Morgan fingerprint density at radius 2 is 1.66 bits per heavy atom. The van der Waals surface area contributed by atoms with E-state index in [2.05, 4.69) is 48.4 Å². The molecule has 3 fully saturated rings. The van der Waals surface area contributed by atoms with Crippen molar-refractivity contribution in [1.82, 2.24) is 10.6 Å². The van der Waals surface area contributed by atoms with E-state index in [0.29, 0.717) is 23.0 Å². The number of halogens is 2. The summed E-state index contributed by atoms with van der Waals surface area (Å²) in [5, 5.41) is 7.45. The lowest BCUT2D eigenvalue weighted by Crippen LogP contribution is -2.35. The van der Waals surface area contributed by atoms with E-state index in [1.807, 2.05) is 39.1 Å². The van der Waals surface area contributed by atoms with Crippen molar-refractivity contribution >= 4 is 29.0 Å². The first-order valence-electron chi connectivity index (χ1n) is 16.5. The molecule has 8 heteroatoms. The first kappa shape index (κ1) is 42.2. The fourth-order valence-corrected chi connectivity index (χ4v) is 4.97. The van der Waals surface area contributed by atoms with Crippen molar-refractivity contribution in [1.29, 1.82) is 0 Å². The smallest absolute Gasteiger partial charge is 0.121 e. The second kappa shape index (κ2) is 27.6. The van der Waals surface area contributed by atoms with E-state index in [9.17, 15) is 0 Å². The lowest BCUT2D eigenvalue weighted by Gasteiger charge is -2.24. The van der Waals surface area contributed by atoms with Crippen LogP contribution in [-0.4, -0.2) is 63.3 Å². The Morgan fingerprint density at radius 3 is 2.11 bits per heavy atom. The van der Waals surface area contributed by atoms with Crippen LogP contribution in [0.25, 0.3) is 0 Å². The van der Waals surface area contributed by atoms with E-state index in [0.717, 1.165) is 74.9 Å². The molecule has 3 aliphatic rings. The first-order chi connectivity index (χ1) is 21.1. The van der Waals surface area contributed by atoms with Crippen LogP contribution in [0.1, 0.15) is 98.8 Å². The summed E-state index contributed by atoms with van der Waals surface area (Å²) in [5.74, 6) is 3.76. The fraction of sp³-hybridized carbons (Fsp3) is 0.694. The lowest BCUT2D eigenvalue weighted by molar-refractivity contribution is 0.0671. The van der Waals surface area contributed by atoms with Gasteiger partial charge in [-0.05, 0) is 88.2 Å². The zero-order valence-electron chi connectivity index (χ0n) is 28.5. The Balaban J connectivity index is 0.00000118. The van der Waals surface area contributed by atoms with E-state index < -0.39 is 0 Å². The molecule has 0 aromatic carbocycles. The average molecular weight is 654 g/mol. The van der Waals surface area contributed by atoms with E-state index in [1.54, 1.807) is 6.92 Å². The Morgan fingerprint density at radius 1 is 1.07 bits per heavy atom. The van der Waals surface area contributed by atoms with Gasteiger partial charge in [0.2, 0.25) is 0 Å². The number of hydrogen-bond acceptors (Lipinski definition) is 5. The van der Waals surface area contributed by atoms with Gasteiger partial charge in [0.1, 0.15) is 5.84 Å². The molecule has 2 atom stereocenters. The highest BCUT2D eigenvalue weighted by Gasteiger charge is 2.17. The topological polar surface area (TPSA) is 80.9 Å². The minimum absolute atomic E-state index is 0.179. The summed E-state index contributed by atoms with van der Waals surface area (Å²) in [5.41, 5.74) is 8.19. The molecule has 2 heterocycles. The molecule has 44 heavy (non-hydrogen) atoms. The van der Waals surface area contributed by atoms with Crippen molar-refractivity contribution in [3.05, 3.63) is 46.7 Å². The number of ether oxygens (including phenoxy) is 2. The minimum atomic E-state index is -0.179. The van der Waals surface area contributed by atoms with Crippen LogP contribution in [0.4, 0.5) is 0 Å². The van der Waals surface area contributed by atoms with Gasteiger partial charge in [0.25, 0.3) is 0 Å². The average Bonchev–Trinajstić information content (AvgIpc) is 3.52. The number of terminal acetylenes is 1. The van der Waals surface area contributed by atoms with Gasteiger partial charge < -0.3 is 25.8 Å². The number of rotatable bonds is 10. The second-order valence-corrected chi connectivity index (χ2v) is 12.5. The SMILES string of the molecule is C#CC.C=C(\C=C/C(Cl)=C(C)/C(=C/C(=NC)NC1CCCCC1)C(C)Cl)NCC1CCOCC1.CCCC.NC1CCOC1. The summed E-state index contributed by atoms with van der Waals surface area (Å²) >= 11 is 13.1. The molecule has 1 saturated carbocycles. The highest BCUT2D eigenvalue weighted by atomic mass is 35.5. The van der Waals surface area contributed by atoms with Gasteiger partial charge in [-0.3, -0.25) is 4.99 Å². The third-order valence-electron chi connectivity index (χ3n) is 7.56. The predicted octanol–water partition coefficient (Wildman–Crippen LogP) is 8.27. The van der Waals surface area contributed by atoms with Crippen LogP contribution in [0.5, 0.6) is 0 Å². The molecule has 0 radical (unpaired) electrons. The number of alkyl halides is 1. The second-order valence-electron chi connectivity index (χ2n) is 11.5. The van der Waals surface area contributed by atoms with Crippen LogP contribution in [0.3, 0.4) is 0 Å². The quantitative estimate of drug-likeness (QED) is 0.0727. The van der Waals surface area contributed by atoms with E-state index >= 15 is 0 Å². The number of unbranched alkanes of at least 4 members (excludes halogenated alkanes) is 1. The fourth-order valence-electron chi connectivity index (χ4n) is 4.57. The molecule has 3 rings (SSSR count). The maximum absolute atomic E-state index is 6.63. The zero-order valence-corrected chi connectivity index (χ0v) is 30.0. The van der Waals surface area contributed by atoms with E-state index in [-0.39, 0.29) is 5.38 Å². The Bertz CT molecular complexity index is 917. The molecule has 252 valence electrons. The summed E-state index contributed by atoms with van der Waals surface area (Å²) in [6, 6.07) is 0.811. The van der Waals surface area contributed by atoms with Crippen molar-refractivity contribution in [2.45, 2.75) is 116 Å². The van der Waals surface area contributed by atoms with Crippen LogP contribution in [0.2, 0.25) is 0 Å².